The Morgan fingerprint density at radius 3 is 0.840 bits per heavy atom. The Morgan fingerprint density at radius 2 is 0.560 bits per heavy atom. The Kier molecular flexibility index (Phi) is 9.36. The summed E-state index contributed by atoms with van der Waals surface area (Å²) in [5.41, 5.74) is 16.9. The van der Waals surface area contributed by atoms with Crippen molar-refractivity contribution in [2.24, 2.45) is 0 Å². The van der Waals surface area contributed by atoms with Gasteiger partial charge in [-0.05, 0) is 146 Å². The van der Waals surface area contributed by atoms with Gasteiger partial charge in [0.2, 0.25) is 0 Å². The van der Waals surface area contributed by atoms with Crippen molar-refractivity contribution in [1.82, 2.24) is 0 Å². The zero-order valence-corrected chi connectivity index (χ0v) is 29.6. The molecule has 2 heteroatoms. The Morgan fingerprint density at radius 1 is 0.280 bits per heavy atom. The lowest BCUT2D eigenvalue weighted by atomic mass is 9.84. The Bertz CT molecular complexity index is 1980. The van der Waals surface area contributed by atoms with Crippen molar-refractivity contribution in [3.05, 3.63) is 214 Å². The van der Waals surface area contributed by atoms with E-state index in [1.165, 1.54) is 44.5 Å². The van der Waals surface area contributed by atoms with Gasteiger partial charge >= 0.3 is 0 Å². The third-order valence-electron chi connectivity index (χ3n) is 9.42. The zero-order chi connectivity index (χ0) is 34.6. The number of hydrogen-bond donors (Lipinski definition) is 0. The summed E-state index contributed by atoms with van der Waals surface area (Å²) in [6, 6.07) is 62.2. The van der Waals surface area contributed by atoms with Crippen molar-refractivity contribution >= 4 is 34.1 Å². The van der Waals surface area contributed by atoms with Gasteiger partial charge in [0, 0.05) is 40.0 Å². The maximum Gasteiger partial charge on any atom is 0.0464 e. The molecular weight excluding hydrogens is 605 g/mol. The number of benzene rings is 7. The molecule has 0 bridgehead atoms. The van der Waals surface area contributed by atoms with Gasteiger partial charge < -0.3 is 9.80 Å². The van der Waals surface area contributed by atoms with E-state index in [4.69, 9.17) is 0 Å². The second-order valence-electron chi connectivity index (χ2n) is 13.6. The summed E-state index contributed by atoms with van der Waals surface area (Å²) >= 11 is 0. The third-order valence-corrected chi connectivity index (χ3v) is 9.42. The molecule has 7 rings (SSSR count). The van der Waals surface area contributed by atoms with Gasteiger partial charge in [-0.1, -0.05) is 103 Å². The number of hydrogen-bond acceptors (Lipinski definition) is 2. The van der Waals surface area contributed by atoms with Crippen molar-refractivity contribution in [3.63, 3.8) is 0 Å². The molecule has 0 atom stereocenters. The van der Waals surface area contributed by atoms with Crippen LogP contribution in [0.2, 0.25) is 0 Å². The van der Waals surface area contributed by atoms with E-state index >= 15 is 0 Å². The third kappa shape index (κ3) is 7.11. The van der Waals surface area contributed by atoms with Crippen LogP contribution in [-0.2, 0) is 0 Å². The van der Waals surface area contributed by atoms with Crippen LogP contribution in [0.4, 0.5) is 34.1 Å². The van der Waals surface area contributed by atoms with E-state index in [-0.39, 0.29) is 5.92 Å². The summed E-state index contributed by atoms with van der Waals surface area (Å²) in [6.07, 6.45) is 0. The van der Waals surface area contributed by atoms with E-state index in [1.54, 1.807) is 0 Å². The molecule has 0 radical (unpaired) electrons. The quantitative estimate of drug-likeness (QED) is 0.144. The molecule has 0 aliphatic heterocycles. The maximum absolute atomic E-state index is 2.35. The topological polar surface area (TPSA) is 6.48 Å². The standard InChI is InChI=1S/C48H44N2/c1-34-18-20-39(21-19-34)48(40-22-26-42(27-23-40)49(44-14-6-10-35(2)30-44)45-15-7-11-36(3)31-45)41-24-28-43(29-25-41)50(46-16-8-12-37(4)32-46)47-17-9-13-38(5)33-47/h6-33,48H,1-5H3. The highest BCUT2D eigenvalue weighted by Gasteiger charge is 2.20. The van der Waals surface area contributed by atoms with Crippen LogP contribution in [0.5, 0.6) is 0 Å². The monoisotopic (exact) mass is 648 g/mol. The minimum absolute atomic E-state index is 0.0801. The molecule has 0 amide bonds. The summed E-state index contributed by atoms with van der Waals surface area (Å²) in [5, 5.41) is 0. The molecule has 0 saturated heterocycles. The average Bonchev–Trinajstić information content (AvgIpc) is 3.11. The SMILES string of the molecule is Cc1ccc(C(c2ccc(N(c3cccc(C)c3)c3cccc(C)c3)cc2)c2ccc(N(c3cccc(C)c3)c3cccc(C)c3)cc2)cc1. The summed E-state index contributed by atoms with van der Waals surface area (Å²) in [5.74, 6) is 0.0801. The second kappa shape index (κ2) is 14.3. The van der Waals surface area contributed by atoms with E-state index in [0.717, 1.165) is 34.1 Å². The van der Waals surface area contributed by atoms with Crippen molar-refractivity contribution in [2.45, 2.75) is 40.5 Å². The first-order chi connectivity index (χ1) is 24.3. The summed E-state index contributed by atoms with van der Waals surface area (Å²) in [6.45, 7) is 10.8. The van der Waals surface area contributed by atoms with E-state index in [1.807, 2.05) is 0 Å². The molecule has 0 aliphatic carbocycles. The van der Waals surface area contributed by atoms with Gasteiger partial charge in [0.15, 0.2) is 0 Å². The summed E-state index contributed by atoms with van der Waals surface area (Å²) in [7, 11) is 0. The van der Waals surface area contributed by atoms with Gasteiger partial charge in [0.25, 0.3) is 0 Å². The van der Waals surface area contributed by atoms with Crippen LogP contribution >= 0.6 is 0 Å². The van der Waals surface area contributed by atoms with E-state index < -0.39 is 0 Å². The lowest BCUT2D eigenvalue weighted by Gasteiger charge is -2.28. The molecule has 246 valence electrons. The van der Waals surface area contributed by atoms with Crippen LogP contribution < -0.4 is 9.80 Å². The number of anilines is 6. The number of rotatable bonds is 9. The lowest BCUT2D eigenvalue weighted by Crippen LogP contribution is -2.11. The highest BCUT2D eigenvalue weighted by molar-refractivity contribution is 5.78. The number of nitrogens with zero attached hydrogens (tertiary/aromatic N) is 2. The molecule has 0 saturated carbocycles. The molecule has 0 aliphatic rings. The van der Waals surface area contributed by atoms with Crippen LogP contribution in [0, 0.1) is 34.6 Å². The molecule has 0 N–H and O–H groups in total. The molecular formula is C48H44N2. The van der Waals surface area contributed by atoms with Crippen LogP contribution in [0.1, 0.15) is 50.4 Å². The lowest BCUT2D eigenvalue weighted by molar-refractivity contribution is 0.975. The Labute approximate surface area is 297 Å². The smallest absolute Gasteiger partial charge is 0.0464 e. The van der Waals surface area contributed by atoms with Gasteiger partial charge in [0.05, 0.1) is 0 Å². The van der Waals surface area contributed by atoms with Crippen molar-refractivity contribution < 1.29 is 0 Å². The van der Waals surface area contributed by atoms with Crippen LogP contribution in [0.15, 0.2) is 170 Å². The Hall–Kier alpha value is -5.86. The highest BCUT2D eigenvalue weighted by atomic mass is 15.1. The fraction of sp³-hybridized carbons (Fsp3) is 0.125. The normalized spacial score (nSPS) is 11.1. The van der Waals surface area contributed by atoms with Crippen molar-refractivity contribution in [1.29, 1.82) is 0 Å². The molecule has 0 aromatic heterocycles. The van der Waals surface area contributed by atoms with Crippen molar-refractivity contribution in [3.8, 4) is 0 Å². The molecule has 2 nitrogen and oxygen atoms in total. The molecule has 7 aromatic carbocycles. The van der Waals surface area contributed by atoms with Crippen LogP contribution in [0.3, 0.4) is 0 Å². The van der Waals surface area contributed by atoms with Crippen LogP contribution in [-0.4, -0.2) is 0 Å². The predicted octanol–water partition coefficient (Wildman–Crippen LogP) is 13.3. The van der Waals surface area contributed by atoms with Gasteiger partial charge in [-0.15, -0.1) is 0 Å². The summed E-state index contributed by atoms with van der Waals surface area (Å²) in [4.78, 5) is 4.70. The van der Waals surface area contributed by atoms with Gasteiger partial charge in [-0.2, -0.15) is 0 Å². The van der Waals surface area contributed by atoms with E-state index in [9.17, 15) is 0 Å². The summed E-state index contributed by atoms with van der Waals surface area (Å²) < 4.78 is 0. The van der Waals surface area contributed by atoms with E-state index in [2.05, 4.69) is 214 Å². The number of aryl methyl sites for hydroxylation is 5. The second-order valence-corrected chi connectivity index (χ2v) is 13.6. The zero-order valence-electron chi connectivity index (χ0n) is 29.6. The molecule has 0 unspecified atom stereocenters. The molecule has 50 heavy (non-hydrogen) atoms. The molecule has 0 fully saturated rings. The van der Waals surface area contributed by atoms with Gasteiger partial charge in [-0.25, -0.2) is 0 Å². The average molecular weight is 649 g/mol. The molecule has 0 heterocycles. The molecule has 7 aromatic rings. The maximum atomic E-state index is 2.35. The largest absolute Gasteiger partial charge is 0.310 e. The first kappa shape index (κ1) is 32.7. The fourth-order valence-corrected chi connectivity index (χ4v) is 6.93. The van der Waals surface area contributed by atoms with E-state index in [0.29, 0.717) is 0 Å². The predicted molar refractivity (Wildman–Crippen MR) is 213 cm³/mol. The fourth-order valence-electron chi connectivity index (χ4n) is 6.93. The molecule has 0 spiro atoms. The van der Waals surface area contributed by atoms with Crippen LogP contribution in [0.25, 0.3) is 0 Å². The van der Waals surface area contributed by atoms with Crippen molar-refractivity contribution in [2.75, 3.05) is 9.80 Å². The first-order valence-electron chi connectivity index (χ1n) is 17.5. The first-order valence-corrected chi connectivity index (χ1v) is 17.5. The highest BCUT2D eigenvalue weighted by Crippen LogP contribution is 2.40. The van der Waals surface area contributed by atoms with Gasteiger partial charge in [-0.3, -0.25) is 0 Å². The van der Waals surface area contributed by atoms with Gasteiger partial charge in [0.1, 0.15) is 0 Å². The Balaban J connectivity index is 1.29. The minimum atomic E-state index is 0.0801. The minimum Gasteiger partial charge on any atom is -0.310 e.